The van der Waals surface area contributed by atoms with Gasteiger partial charge in [-0.25, -0.2) is 18.1 Å². The SMILES string of the molecule is Cn1cc(-c2cnc3ccc(NC(=N)SC(=N)S(=O)(=O)NCc4ccccc4)nc3c2)cn1. The normalized spacial score (nSPS) is 11.4. The molecule has 0 fully saturated rings. The number of nitrogens with zero attached hydrogens (tertiary/aromatic N) is 4. The van der Waals surface area contributed by atoms with Crippen molar-refractivity contribution in [3.8, 4) is 11.1 Å². The highest BCUT2D eigenvalue weighted by Gasteiger charge is 2.20. The lowest BCUT2D eigenvalue weighted by Gasteiger charge is -2.10. The molecule has 0 bridgehead atoms. The van der Waals surface area contributed by atoms with Gasteiger partial charge in [-0.3, -0.25) is 20.5 Å². The van der Waals surface area contributed by atoms with Crippen molar-refractivity contribution in [2.75, 3.05) is 5.32 Å². The fourth-order valence-corrected chi connectivity index (χ4v) is 4.63. The Hall–Kier alpha value is -3.61. The molecule has 0 aliphatic heterocycles. The van der Waals surface area contributed by atoms with Crippen LogP contribution in [0.5, 0.6) is 0 Å². The summed E-state index contributed by atoms with van der Waals surface area (Å²) in [6.07, 6.45) is 5.34. The van der Waals surface area contributed by atoms with Crippen LogP contribution >= 0.6 is 11.8 Å². The number of thioether (sulfide) groups is 1. The van der Waals surface area contributed by atoms with E-state index in [2.05, 4.69) is 25.1 Å². The van der Waals surface area contributed by atoms with Gasteiger partial charge in [0.05, 0.1) is 17.2 Å². The zero-order valence-corrected chi connectivity index (χ0v) is 19.1. The Labute approximate surface area is 194 Å². The summed E-state index contributed by atoms with van der Waals surface area (Å²) in [5.41, 5.74) is 3.80. The van der Waals surface area contributed by atoms with Crippen LogP contribution in [0.1, 0.15) is 5.56 Å². The van der Waals surface area contributed by atoms with E-state index in [1.165, 1.54) is 0 Å². The Morgan fingerprint density at radius 3 is 2.58 bits per heavy atom. The summed E-state index contributed by atoms with van der Waals surface area (Å²) in [6.45, 7) is 0.0609. The Balaban J connectivity index is 1.41. The predicted molar refractivity (Wildman–Crippen MR) is 131 cm³/mol. The fourth-order valence-electron chi connectivity index (χ4n) is 2.93. The summed E-state index contributed by atoms with van der Waals surface area (Å²) >= 11 is 0.483. The molecule has 0 aliphatic carbocycles. The van der Waals surface area contributed by atoms with Crippen LogP contribution in [0.4, 0.5) is 5.82 Å². The highest BCUT2D eigenvalue weighted by atomic mass is 32.3. The zero-order valence-electron chi connectivity index (χ0n) is 17.5. The number of benzene rings is 1. The minimum Gasteiger partial charge on any atom is -0.320 e. The third-order valence-corrected chi connectivity index (χ3v) is 6.98. The van der Waals surface area contributed by atoms with E-state index in [0.29, 0.717) is 28.6 Å². The number of hydrogen-bond acceptors (Lipinski definition) is 8. The summed E-state index contributed by atoms with van der Waals surface area (Å²) in [7, 11) is -2.21. The number of pyridine rings is 2. The van der Waals surface area contributed by atoms with Gasteiger partial charge in [-0.2, -0.15) is 5.10 Å². The van der Waals surface area contributed by atoms with Gasteiger partial charge in [-0.15, -0.1) is 0 Å². The van der Waals surface area contributed by atoms with E-state index in [4.69, 9.17) is 10.8 Å². The van der Waals surface area contributed by atoms with E-state index in [-0.39, 0.29) is 11.7 Å². The molecule has 3 heterocycles. The molecule has 1 aromatic carbocycles. The standard InChI is InChI=1S/C21H20N8O2S2/c1-29-13-16(12-25-29)15-9-18-17(24-11-15)7-8-19(27-18)28-20(22)32-21(23)33(30,31)26-10-14-5-3-2-4-6-14/h2-9,11-13,23,26H,10H2,1H3,(H2,22,27,28). The van der Waals surface area contributed by atoms with Gasteiger partial charge in [0.25, 0.3) is 10.0 Å². The summed E-state index contributed by atoms with van der Waals surface area (Å²) in [6, 6.07) is 14.2. The number of anilines is 1. The molecule has 0 radical (unpaired) electrons. The van der Waals surface area contributed by atoms with Gasteiger partial charge < -0.3 is 5.32 Å². The van der Waals surface area contributed by atoms with E-state index in [9.17, 15) is 8.42 Å². The van der Waals surface area contributed by atoms with Crippen LogP contribution in [0.25, 0.3) is 22.2 Å². The van der Waals surface area contributed by atoms with Gasteiger partial charge in [-0.05, 0) is 35.5 Å². The topological polar surface area (TPSA) is 150 Å². The number of hydrogen-bond donors (Lipinski definition) is 4. The largest absolute Gasteiger partial charge is 0.320 e. The quantitative estimate of drug-likeness (QED) is 0.253. The molecule has 0 amide bonds. The fraction of sp³-hybridized carbons (Fsp3) is 0.0952. The van der Waals surface area contributed by atoms with E-state index in [1.807, 2.05) is 25.4 Å². The number of amidine groups is 1. The van der Waals surface area contributed by atoms with Crippen LogP contribution in [0.15, 0.2) is 67.1 Å². The zero-order chi connectivity index (χ0) is 23.4. The molecule has 0 atom stereocenters. The molecule has 0 saturated heterocycles. The molecule has 33 heavy (non-hydrogen) atoms. The maximum absolute atomic E-state index is 12.3. The first-order valence-corrected chi connectivity index (χ1v) is 12.0. The predicted octanol–water partition coefficient (Wildman–Crippen LogP) is 3.16. The van der Waals surface area contributed by atoms with E-state index in [0.717, 1.165) is 16.7 Å². The lowest BCUT2D eigenvalue weighted by atomic mass is 10.1. The molecule has 10 nitrogen and oxygen atoms in total. The van der Waals surface area contributed by atoms with Crippen LogP contribution < -0.4 is 10.0 Å². The van der Waals surface area contributed by atoms with Gasteiger partial charge in [0, 0.05) is 37.1 Å². The van der Waals surface area contributed by atoms with Gasteiger partial charge in [-0.1, -0.05) is 30.3 Å². The van der Waals surface area contributed by atoms with Crippen molar-refractivity contribution in [1.82, 2.24) is 24.5 Å². The number of rotatable bonds is 5. The lowest BCUT2D eigenvalue weighted by molar-refractivity contribution is 0.594. The number of sulfonamides is 1. The van der Waals surface area contributed by atoms with Crippen molar-refractivity contribution in [2.45, 2.75) is 6.54 Å². The second kappa shape index (κ2) is 9.48. The molecule has 3 aromatic heterocycles. The Morgan fingerprint density at radius 1 is 1.06 bits per heavy atom. The highest BCUT2D eigenvalue weighted by Crippen LogP contribution is 2.22. The molecular weight excluding hydrogens is 460 g/mol. The van der Waals surface area contributed by atoms with E-state index < -0.39 is 14.4 Å². The van der Waals surface area contributed by atoms with E-state index in [1.54, 1.807) is 53.5 Å². The van der Waals surface area contributed by atoms with Crippen molar-refractivity contribution in [3.63, 3.8) is 0 Å². The van der Waals surface area contributed by atoms with Crippen LogP contribution in [-0.4, -0.2) is 37.7 Å². The molecule has 0 saturated carbocycles. The lowest BCUT2D eigenvalue weighted by Crippen LogP contribution is -2.29. The van der Waals surface area contributed by atoms with Crippen molar-refractivity contribution < 1.29 is 8.42 Å². The molecule has 4 aromatic rings. The molecule has 0 aliphatic rings. The number of nitrogens with one attached hydrogen (secondary N) is 4. The Kier molecular flexibility index (Phi) is 6.49. The van der Waals surface area contributed by atoms with Crippen LogP contribution in [0, 0.1) is 10.8 Å². The van der Waals surface area contributed by atoms with Crippen molar-refractivity contribution in [1.29, 1.82) is 10.8 Å². The van der Waals surface area contributed by atoms with Gasteiger partial charge >= 0.3 is 0 Å². The second-order valence-corrected chi connectivity index (χ2v) is 10.00. The smallest absolute Gasteiger partial charge is 0.264 e. The maximum Gasteiger partial charge on any atom is 0.264 e. The minimum atomic E-state index is -4.04. The Bertz CT molecular complexity index is 1440. The Morgan fingerprint density at radius 2 is 1.85 bits per heavy atom. The van der Waals surface area contributed by atoms with E-state index >= 15 is 0 Å². The summed E-state index contributed by atoms with van der Waals surface area (Å²) in [4.78, 5) is 8.87. The first kappa shape index (κ1) is 22.6. The van der Waals surface area contributed by atoms with Crippen molar-refractivity contribution in [2.24, 2.45) is 7.05 Å². The molecule has 168 valence electrons. The molecule has 4 N–H and O–H groups in total. The highest BCUT2D eigenvalue weighted by molar-refractivity contribution is 8.41. The van der Waals surface area contributed by atoms with Crippen LogP contribution in [0.2, 0.25) is 0 Å². The summed E-state index contributed by atoms with van der Waals surface area (Å²) in [5.74, 6) is 0.340. The van der Waals surface area contributed by atoms with Crippen LogP contribution in [-0.2, 0) is 23.6 Å². The molecule has 4 rings (SSSR count). The molecular formula is C21H20N8O2S2. The average molecular weight is 481 g/mol. The molecule has 0 unspecified atom stereocenters. The molecule has 12 heteroatoms. The third kappa shape index (κ3) is 5.61. The number of aromatic nitrogens is 4. The first-order chi connectivity index (χ1) is 15.8. The van der Waals surface area contributed by atoms with Gasteiger partial charge in [0.1, 0.15) is 5.82 Å². The number of aryl methyl sites for hydroxylation is 1. The van der Waals surface area contributed by atoms with Crippen molar-refractivity contribution >= 4 is 48.2 Å². The first-order valence-electron chi connectivity index (χ1n) is 9.71. The van der Waals surface area contributed by atoms with Gasteiger partial charge in [0.2, 0.25) is 4.38 Å². The van der Waals surface area contributed by atoms with Crippen molar-refractivity contribution in [3.05, 3.63) is 72.7 Å². The number of fused-ring (bicyclic) bond motifs is 1. The second-order valence-electron chi connectivity index (χ2n) is 7.02. The van der Waals surface area contributed by atoms with Gasteiger partial charge in [0.15, 0.2) is 5.17 Å². The molecule has 0 spiro atoms. The summed E-state index contributed by atoms with van der Waals surface area (Å²) < 4.78 is 28.0. The third-order valence-electron chi connectivity index (χ3n) is 4.57. The maximum atomic E-state index is 12.3. The van der Waals surface area contributed by atoms with Crippen LogP contribution in [0.3, 0.4) is 0 Å². The minimum absolute atomic E-state index is 0.0609. The monoisotopic (exact) mass is 480 g/mol. The summed E-state index contributed by atoms with van der Waals surface area (Å²) in [5, 5.41) is 22.6. The average Bonchev–Trinajstić information content (AvgIpc) is 3.24.